The van der Waals surface area contributed by atoms with Gasteiger partial charge in [-0.2, -0.15) is 0 Å². The second kappa shape index (κ2) is 11.7. The van der Waals surface area contributed by atoms with Gasteiger partial charge in [0.1, 0.15) is 6.10 Å². The predicted octanol–water partition coefficient (Wildman–Crippen LogP) is 1.36. The van der Waals surface area contributed by atoms with E-state index in [0.717, 1.165) is 38.3 Å². The monoisotopic (exact) mass is 405 g/mol. The van der Waals surface area contributed by atoms with Crippen molar-refractivity contribution >= 4 is 30.7 Å². The van der Waals surface area contributed by atoms with Crippen molar-refractivity contribution in [2.24, 2.45) is 0 Å². The number of amides is 1. The van der Waals surface area contributed by atoms with Crippen LogP contribution < -0.4 is 10.6 Å². The molecule has 2 atom stereocenters. The van der Waals surface area contributed by atoms with Gasteiger partial charge in [0.05, 0.1) is 19.3 Å². The van der Waals surface area contributed by atoms with E-state index in [1.165, 1.54) is 5.56 Å². The first kappa shape index (κ1) is 23.1. The van der Waals surface area contributed by atoms with E-state index in [-0.39, 0.29) is 36.8 Å². The van der Waals surface area contributed by atoms with Crippen molar-refractivity contribution in [2.45, 2.75) is 32.2 Å². The van der Waals surface area contributed by atoms with Crippen LogP contribution in [0.15, 0.2) is 24.3 Å². The molecule has 0 spiro atoms. The first-order chi connectivity index (χ1) is 11.7. The summed E-state index contributed by atoms with van der Waals surface area (Å²) in [5.41, 5.74) is 2.39. The van der Waals surface area contributed by atoms with Crippen LogP contribution in [0, 0.1) is 0 Å². The molecule has 0 aliphatic carbocycles. The van der Waals surface area contributed by atoms with E-state index in [9.17, 15) is 4.79 Å². The normalized spacial score (nSPS) is 23.4. The fourth-order valence-corrected chi connectivity index (χ4v) is 3.17. The number of rotatable bonds is 5. The zero-order valence-corrected chi connectivity index (χ0v) is 16.7. The molecule has 2 aliphatic heterocycles. The fourth-order valence-electron chi connectivity index (χ4n) is 3.17. The molecule has 6 nitrogen and oxygen atoms in total. The van der Waals surface area contributed by atoms with E-state index in [1.54, 1.807) is 0 Å². The number of hydrogen-bond acceptors (Lipinski definition) is 5. The SMILES string of the molecule is CC1CN(Cc2cccc(CNC(=O)C3CNCCO3)c2)CCO1.Cl.Cl. The average Bonchev–Trinajstić information content (AvgIpc) is 2.61. The Hall–Kier alpha value is -0.890. The van der Waals surface area contributed by atoms with Gasteiger partial charge in [-0.3, -0.25) is 9.69 Å². The molecule has 2 fully saturated rings. The Labute approximate surface area is 167 Å². The lowest BCUT2D eigenvalue weighted by atomic mass is 10.1. The van der Waals surface area contributed by atoms with Crippen LogP contribution in [-0.2, 0) is 27.4 Å². The summed E-state index contributed by atoms with van der Waals surface area (Å²) >= 11 is 0. The van der Waals surface area contributed by atoms with Gasteiger partial charge >= 0.3 is 0 Å². The number of hydrogen-bond donors (Lipinski definition) is 2. The van der Waals surface area contributed by atoms with Crippen LogP contribution in [-0.4, -0.2) is 62.4 Å². The Bertz CT molecular complexity index is 556. The summed E-state index contributed by atoms with van der Waals surface area (Å²) in [6.07, 6.45) is -0.0814. The molecule has 1 amide bonds. The van der Waals surface area contributed by atoms with E-state index >= 15 is 0 Å². The van der Waals surface area contributed by atoms with Crippen molar-refractivity contribution in [3.05, 3.63) is 35.4 Å². The minimum Gasteiger partial charge on any atom is -0.376 e. The van der Waals surface area contributed by atoms with Crippen molar-refractivity contribution in [3.8, 4) is 0 Å². The molecule has 2 saturated heterocycles. The lowest BCUT2D eigenvalue weighted by Crippen LogP contribution is -2.47. The maximum Gasteiger partial charge on any atom is 0.250 e. The molecule has 3 rings (SSSR count). The summed E-state index contributed by atoms with van der Waals surface area (Å²) in [4.78, 5) is 14.5. The van der Waals surface area contributed by atoms with Gasteiger partial charge in [0, 0.05) is 39.3 Å². The Morgan fingerprint density at radius 3 is 2.81 bits per heavy atom. The molecule has 0 radical (unpaired) electrons. The minimum atomic E-state index is -0.378. The highest BCUT2D eigenvalue weighted by atomic mass is 35.5. The van der Waals surface area contributed by atoms with Crippen molar-refractivity contribution in [3.63, 3.8) is 0 Å². The van der Waals surface area contributed by atoms with Crippen LogP contribution in [0.25, 0.3) is 0 Å². The quantitative estimate of drug-likeness (QED) is 0.773. The Morgan fingerprint density at radius 1 is 1.27 bits per heavy atom. The third kappa shape index (κ3) is 7.02. The standard InChI is InChI=1S/C18H27N3O3.2ClH/c1-14-12-21(6-8-23-14)13-16-4-2-3-15(9-16)10-20-18(22)17-11-19-5-7-24-17;;/h2-4,9,14,17,19H,5-8,10-13H2,1H3,(H,20,22);2*1H. The van der Waals surface area contributed by atoms with Crippen LogP contribution in [0.5, 0.6) is 0 Å². The summed E-state index contributed by atoms with van der Waals surface area (Å²) in [7, 11) is 0. The van der Waals surface area contributed by atoms with Gasteiger partial charge in [0.15, 0.2) is 0 Å². The van der Waals surface area contributed by atoms with Crippen LogP contribution in [0.4, 0.5) is 0 Å². The fraction of sp³-hybridized carbons (Fsp3) is 0.611. The minimum absolute atomic E-state index is 0. The number of ether oxygens (including phenoxy) is 2. The number of carbonyl (C=O) groups is 1. The van der Waals surface area contributed by atoms with Gasteiger partial charge in [-0.25, -0.2) is 0 Å². The first-order valence-corrected chi connectivity index (χ1v) is 8.72. The second-order valence-corrected chi connectivity index (χ2v) is 6.52. The number of nitrogens with one attached hydrogen (secondary N) is 2. The average molecular weight is 406 g/mol. The summed E-state index contributed by atoms with van der Waals surface area (Å²) < 4.78 is 11.1. The molecule has 26 heavy (non-hydrogen) atoms. The smallest absolute Gasteiger partial charge is 0.250 e. The molecule has 1 aromatic carbocycles. The van der Waals surface area contributed by atoms with Gasteiger partial charge in [-0.05, 0) is 18.1 Å². The van der Waals surface area contributed by atoms with Crippen LogP contribution in [0.3, 0.4) is 0 Å². The molecule has 8 heteroatoms. The summed E-state index contributed by atoms with van der Waals surface area (Å²) in [6.45, 7) is 8.28. The summed E-state index contributed by atoms with van der Waals surface area (Å²) in [6, 6.07) is 8.41. The largest absolute Gasteiger partial charge is 0.376 e. The molecular formula is C18H29Cl2N3O3. The Morgan fingerprint density at radius 2 is 2.08 bits per heavy atom. The van der Waals surface area contributed by atoms with Gasteiger partial charge in [-0.1, -0.05) is 24.3 Å². The van der Waals surface area contributed by atoms with Gasteiger partial charge in [0.2, 0.25) is 0 Å². The second-order valence-electron chi connectivity index (χ2n) is 6.52. The van der Waals surface area contributed by atoms with Gasteiger partial charge in [0.25, 0.3) is 5.91 Å². The van der Waals surface area contributed by atoms with Crippen LogP contribution in [0.1, 0.15) is 18.1 Å². The zero-order chi connectivity index (χ0) is 16.8. The van der Waals surface area contributed by atoms with E-state index in [4.69, 9.17) is 9.47 Å². The molecule has 148 valence electrons. The van der Waals surface area contributed by atoms with Crippen molar-refractivity contribution in [2.75, 3.05) is 39.4 Å². The highest BCUT2D eigenvalue weighted by Gasteiger charge is 2.21. The summed E-state index contributed by atoms with van der Waals surface area (Å²) in [5.74, 6) is -0.0467. The third-order valence-corrected chi connectivity index (χ3v) is 4.41. The number of nitrogens with zero attached hydrogens (tertiary/aromatic N) is 1. The highest BCUT2D eigenvalue weighted by Crippen LogP contribution is 2.12. The molecule has 0 bridgehead atoms. The lowest BCUT2D eigenvalue weighted by Gasteiger charge is -2.31. The van der Waals surface area contributed by atoms with E-state index in [2.05, 4.69) is 40.7 Å². The number of benzene rings is 1. The van der Waals surface area contributed by atoms with E-state index in [0.29, 0.717) is 25.8 Å². The zero-order valence-electron chi connectivity index (χ0n) is 15.1. The Kier molecular flexibility index (Phi) is 10.5. The molecule has 2 heterocycles. The van der Waals surface area contributed by atoms with Gasteiger partial charge in [-0.15, -0.1) is 24.8 Å². The topological polar surface area (TPSA) is 62.8 Å². The maximum atomic E-state index is 12.1. The molecule has 2 N–H and O–H groups in total. The third-order valence-electron chi connectivity index (χ3n) is 4.41. The van der Waals surface area contributed by atoms with Gasteiger partial charge < -0.3 is 20.1 Å². The maximum absolute atomic E-state index is 12.1. The summed E-state index contributed by atoms with van der Waals surface area (Å²) in [5, 5.41) is 6.14. The highest BCUT2D eigenvalue weighted by molar-refractivity contribution is 5.85. The predicted molar refractivity (Wildman–Crippen MR) is 106 cm³/mol. The number of morpholine rings is 2. The number of halogens is 2. The first-order valence-electron chi connectivity index (χ1n) is 8.72. The molecule has 0 aromatic heterocycles. The lowest BCUT2D eigenvalue weighted by molar-refractivity contribution is -0.134. The molecule has 0 saturated carbocycles. The Balaban J connectivity index is 0.00000169. The van der Waals surface area contributed by atoms with Crippen molar-refractivity contribution in [1.29, 1.82) is 0 Å². The van der Waals surface area contributed by atoms with Crippen LogP contribution >= 0.6 is 24.8 Å². The van der Waals surface area contributed by atoms with E-state index < -0.39 is 0 Å². The molecule has 1 aromatic rings. The van der Waals surface area contributed by atoms with Crippen molar-refractivity contribution < 1.29 is 14.3 Å². The molecule has 2 unspecified atom stereocenters. The van der Waals surface area contributed by atoms with Crippen LogP contribution in [0.2, 0.25) is 0 Å². The number of carbonyl (C=O) groups excluding carboxylic acids is 1. The van der Waals surface area contributed by atoms with E-state index in [1.807, 2.05) is 6.07 Å². The van der Waals surface area contributed by atoms with Crippen molar-refractivity contribution in [1.82, 2.24) is 15.5 Å². The molecule has 2 aliphatic rings. The molecular weight excluding hydrogens is 377 g/mol.